The van der Waals surface area contributed by atoms with Crippen molar-refractivity contribution in [2.24, 2.45) is 0 Å². The Labute approximate surface area is 66.8 Å². The van der Waals surface area contributed by atoms with Crippen molar-refractivity contribution in [2.45, 2.75) is 19.4 Å². The number of sulfone groups is 1. The van der Waals surface area contributed by atoms with E-state index in [1.54, 1.807) is 13.8 Å². The number of rotatable bonds is 3. The van der Waals surface area contributed by atoms with Crippen LogP contribution in [0.2, 0.25) is 0 Å². The summed E-state index contributed by atoms with van der Waals surface area (Å²) < 4.78 is 21.4. The minimum absolute atomic E-state index is 0.0451. The van der Waals surface area contributed by atoms with Crippen LogP contribution >= 0.6 is 11.8 Å². The van der Waals surface area contributed by atoms with Gasteiger partial charge < -0.3 is 0 Å². The molecule has 10 heavy (non-hydrogen) atoms. The number of halogens is 1. The average Bonchev–Trinajstić information content (AvgIpc) is 1.60. The van der Waals surface area contributed by atoms with E-state index in [0.29, 0.717) is 0 Å². The van der Waals surface area contributed by atoms with Gasteiger partial charge in [-0.15, -0.1) is 0 Å². The summed E-state index contributed by atoms with van der Waals surface area (Å²) in [4.78, 5) is 2.39. The summed E-state index contributed by atoms with van der Waals surface area (Å²) in [5.74, 6) is 0.0451. The van der Waals surface area contributed by atoms with E-state index in [0.717, 1.165) is 0 Å². The molecule has 0 radical (unpaired) electrons. The molecule has 0 fully saturated rings. The van der Waals surface area contributed by atoms with Crippen molar-refractivity contribution >= 4 is 21.6 Å². The van der Waals surface area contributed by atoms with Crippen LogP contribution in [0.4, 0.5) is 0 Å². The van der Waals surface area contributed by atoms with E-state index >= 15 is 0 Å². The van der Waals surface area contributed by atoms with Crippen LogP contribution in [0.3, 0.4) is 0 Å². The van der Waals surface area contributed by atoms with Crippen molar-refractivity contribution in [1.29, 1.82) is 0 Å². The van der Waals surface area contributed by atoms with Gasteiger partial charge in [-0.25, -0.2) is 13.3 Å². The SMILES string of the molecule is CC(C)(CS(C)(=O)=O)NCl. The minimum atomic E-state index is -2.94. The van der Waals surface area contributed by atoms with Crippen LogP contribution in [0, 0.1) is 0 Å². The van der Waals surface area contributed by atoms with Gasteiger partial charge in [-0.3, -0.25) is 0 Å². The highest BCUT2D eigenvalue weighted by Crippen LogP contribution is 2.05. The van der Waals surface area contributed by atoms with Crippen LogP contribution in [0.15, 0.2) is 0 Å². The number of hydrogen-bond acceptors (Lipinski definition) is 3. The first kappa shape index (κ1) is 10.2. The summed E-state index contributed by atoms with van der Waals surface area (Å²) in [6.07, 6.45) is 1.18. The summed E-state index contributed by atoms with van der Waals surface area (Å²) in [6.45, 7) is 3.45. The Kier molecular flexibility index (Phi) is 3.13. The Morgan fingerprint density at radius 2 is 1.90 bits per heavy atom. The van der Waals surface area contributed by atoms with Gasteiger partial charge in [-0.1, -0.05) is 0 Å². The molecule has 3 nitrogen and oxygen atoms in total. The lowest BCUT2D eigenvalue weighted by Gasteiger charge is -2.20. The third-order valence-corrected chi connectivity index (χ3v) is 2.64. The lowest BCUT2D eigenvalue weighted by Crippen LogP contribution is -2.39. The molecule has 0 amide bonds. The summed E-state index contributed by atoms with van der Waals surface area (Å²) in [6, 6.07) is 0. The molecule has 62 valence electrons. The molecule has 0 rings (SSSR count). The molecular formula is C5H12ClNO2S. The van der Waals surface area contributed by atoms with Crippen molar-refractivity contribution in [2.75, 3.05) is 12.0 Å². The van der Waals surface area contributed by atoms with E-state index < -0.39 is 15.4 Å². The molecule has 0 unspecified atom stereocenters. The number of hydrogen-bond donors (Lipinski definition) is 1. The van der Waals surface area contributed by atoms with Crippen molar-refractivity contribution < 1.29 is 8.42 Å². The van der Waals surface area contributed by atoms with Crippen LogP contribution in [0.1, 0.15) is 13.8 Å². The minimum Gasteiger partial charge on any atom is -0.229 e. The molecule has 0 aliphatic carbocycles. The van der Waals surface area contributed by atoms with Gasteiger partial charge in [-0.05, 0) is 25.6 Å². The Bertz CT molecular complexity index is 198. The fourth-order valence-electron chi connectivity index (χ4n) is 0.683. The smallest absolute Gasteiger partial charge is 0.149 e. The van der Waals surface area contributed by atoms with Crippen LogP contribution < -0.4 is 4.84 Å². The number of nitrogens with one attached hydrogen (secondary N) is 1. The molecule has 0 aromatic heterocycles. The molecule has 0 spiro atoms. The van der Waals surface area contributed by atoms with Gasteiger partial charge in [0.2, 0.25) is 0 Å². The van der Waals surface area contributed by atoms with E-state index in [1.807, 2.05) is 0 Å². The van der Waals surface area contributed by atoms with Gasteiger partial charge in [0.25, 0.3) is 0 Å². The molecule has 0 aromatic rings. The molecule has 0 aliphatic heterocycles. The molecule has 5 heteroatoms. The lowest BCUT2D eigenvalue weighted by atomic mass is 10.1. The van der Waals surface area contributed by atoms with E-state index in [4.69, 9.17) is 11.8 Å². The second-order valence-corrected chi connectivity index (χ2v) is 5.38. The molecule has 0 aromatic carbocycles. The molecule has 0 aliphatic rings. The molecule has 0 heterocycles. The first-order valence-corrected chi connectivity index (χ1v) is 5.26. The monoisotopic (exact) mass is 185 g/mol. The van der Waals surface area contributed by atoms with Crippen molar-refractivity contribution in [3.05, 3.63) is 0 Å². The van der Waals surface area contributed by atoms with Crippen LogP contribution in [-0.2, 0) is 9.84 Å². The quantitative estimate of drug-likeness (QED) is 0.654. The fraction of sp³-hybridized carbons (Fsp3) is 1.00. The van der Waals surface area contributed by atoms with E-state index in [2.05, 4.69) is 4.84 Å². The second-order valence-electron chi connectivity index (χ2n) is 3.05. The van der Waals surface area contributed by atoms with Gasteiger partial charge in [-0.2, -0.15) is 0 Å². The maximum atomic E-state index is 10.7. The third kappa shape index (κ3) is 5.02. The van der Waals surface area contributed by atoms with Gasteiger partial charge in [0, 0.05) is 11.8 Å². The Morgan fingerprint density at radius 3 is 2.00 bits per heavy atom. The van der Waals surface area contributed by atoms with Gasteiger partial charge in [0.15, 0.2) is 0 Å². The second kappa shape index (κ2) is 3.07. The molecule has 1 N–H and O–H groups in total. The van der Waals surface area contributed by atoms with Gasteiger partial charge in [0.05, 0.1) is 5.75 Å². The van der Waals surface area contributed by atoms with Gasteiger partial charge in [0.1, 0.15) is 9.84 Å². The topological polar surface area (TPSA) is 46.2 Å². The maximum Gasteiger partial charge on any atom is 0.149 e. The molecule has 0 bridgehead atoms. The highest BCUT2D eigenvalue weighted by atomic mass is 35.5. The molecule has 0 atom stereocenters. The summed E-state index contributed by atoms with van der Waals surface area (Å²) >= 11 is 5.28. The van der Waals surface area contributed by atoms with E-state index in [9.17, 15) is 8.42 Å². The fourth-order valence-corrected chi connectivity index (χ4v) is 2.21. The van der Waals surface area contributed by atoms with Crippen LogP contribution in [0.25, 0.3) is 0 Å². The maximum absolute atomic E-state index is 10.7. The van der Waals surface area contributed by atoms with Crippen molar-refractivity contribution in [3.63, 3.8) is 0 Å². The molecular weight excluding hydrogens is 174 g/mol. The highest BCUT2D eigenvalue weighted by Gasteiger charge is 2.21. The average molecular weight is 186 g/mol. The largest absolute Gasteiger partial charge is 0.229 e. The summed E-state index contributed by atoms with van der Waals surface area (Å²) in [7, 11) is -2.94. The van der Waals surface area contributed by atoms with E-state index in [-0.39, 0.29) is 5.75 Å². The zero-order chi connectivity index (χ0) is 8.41. The third-order valence-electron chi connectivity index (χ3n) is 0.879. The van der Waals surface area contributed by atoms with Crippen molar-refractivity contribution in [1.82, 2.24) is 4.84 Å². The Morgan fingerprint density at radius 1 is 1.50 bits per heavy atom. The lowest BCUT2D eigenvalue weighted by molar-refractivity contribution is 0.514. The zero-order valence-electron chi connectivity index (χ0n) is 6.31. The zero-order valence-corrected chi connectivity index (χ0v) is 7.88. The van der Waals surface area contributed by atoms with Crippen LogP contribution in [0.5, 0.6) is 0 Å². The van der Waals surface area contributed by atoms with Crippen molar-refractivity contribution in [3.8, 4) is 0 Å². The first-order chi connectivity index (χ1) is 4.27. The molecule has 0 saturated carbocycles. The Hall–Kier alpha value is 0.200. The predicted octanol–water partition coefficient (Wildman–Crippen LogP) is 0.553. The molecule has 0 saturated heterocycles. The van der Waals surface area contributed by atoms with Gasteiger partial charge >= 0.3 is 0 Å². The standard InChI is InChI=1S/C5H12ClNO2S/c1-5(2,7-6)4-10(3,8)9/h7H,4H2,1-3H3. The van der Waals surface area contributed by atoms with Crippen LogP contribution in [-0.4, -0.2) is 26.0 Å². The summed E-state index contributed by atoms with van der Waals surface area (Å²) in [5.41, 5.74) is -0.546. The Balaban J connectivity index is 4.16. The first-order valence-electron chi connectivity index (χ1n) is 2.82. The highest BCUT2D eigenvalue weighted by molar-refractivity contribution is 7.90. The predicted molar refractivity (Wildman–Crippen MR) is 42.8 cm³/mol. The van der Waals surface area contributed by atoms with E-state index in [1.165, 1.54) is 6.26 Å². The summed E-state index contributed by atoms with van der Waals surface area (Å²) in [5, 5.41) is 0. The normalized spacial score (nSPS) is 13.6.